The number of carbonyl (C=O) groups excluding carboxylic acids is 1. The number of carboxylic acid groups (broad SMARTS) is 1. The van der Waals surface area contributed by atoms with Crippen molar-refractivity contribution in [2.45, 2.75) is 52.0 Å². The van der Waals surface area contributed by atoms with Gasteiger partial charge in [-0.1, -0.05) is 19.8 Å². The van der Waals surface area contributed by atoms with Crippen LogP contribution >= 0.6 is 0 Å². The van der Waals surface area contributed by atoms with E-state index in [2.05, 4.69) is 5.32 Å². The van der Waals surface area contributed by atoms with E-state index in [4.69, 9.17) is 9.84 Å². The number of hydrogen-bond acceptors (Lipinski definition) is 3. The molecule has 0 rings (SSSR count). The van der Waals surface area contributed by atoms with Crippen molar-refractivity contribution in [3.05, 3.63) is 0 Å². The first-order chi connectivity index (χ1) is 8.11. The second-order valence-electron chi connectivity index (χ2n) is 3.90. The van der Waals surface area contributed by atoms with Crippen LogP contribution in [0.25, 0.3) is 0 Å². The first-order valence-corrected chi connectivity index (χ1v) is 6.21. The fraction of sp³-hybridized carbons (Fsp3) is 0.833. The third-order valence-corrected chi connectivity index (χ3v) is 2.38. The van der Waals surface area contributed by atoms with Gasteiger partial charge in [0.1, 0.15) is 6.04 Å². The van der Waals surface area contributed by atoms with E-state index in [0.717, 1.165) is 12.8 Å². The Morgan fingerprint density at radius 1 is 1.29 bits per heavy atom. The number of aliphatic carboxylic acids is 1. The Labute approximate surface area is 103 Å². The molecular formula is C12H23NO4. The Hall–Kier alpha value is -1.10. The largest absolute Gasteiger partial charge is 0.480 e. The summed E-state index contributed by atoms with van der Waals surface area (Å²) in [5.74, 6) is -1.18. The van der Waals surface area contributed by atoms with Crippen LogP contribution in [0.4, 0.5) is 0 Å². The minimum absolute atomic E-state index is 0.215. The van der Waals surface area contributed by atoms with Gasteiger partial charge in [0.2, 0.25) is 5.91 Å². The molecule has 100 valence electrons. The highest BCUT2D eigenvalue weighted by atomic mass is 16.5. The number of rotatable bonds is 10. The van der Waals surface area contributed by atoms with Crippen LogP contribution in [0.15, 0.2) is 0 Å². The molecular weight excluding hydrogens is 222 g/mol. The summed E-state index contributed by atoms with van der Waals surface area (Å²) in [5.41, 5.74) is 0. The number of ether oxygens (including phenoxy) is 1. The van der Waals surface area contributed by atoms with Gasteiger partial charge < -0.3 is 15.2 Å². The monoisotopic (exact) mass is 245 g/mol. The molecule has 2 N–H and O–H groups in total. The number of hydrogen-bond donors (Lipinski definition) is 2. The van der Waals surface area contributed by atoms with Crippen molar-refractivity contribution >= 4 is 11.9 Å². The Balaban J connectivity index is 3.83. The van der Waals surface area contributed by atoms with Gasteiger partial charge in [-0.3, -0.25) is 4.79 Å². The smallest absolute Gasteiger partial charge is 0.326 e. The van der Waals surface area contributed by atoms with E-state index in [9.17, 15) is 9.59 Å². The standard InChI is InChI=1S/C12H23NO4/c1-3-5-7-10(12(15)16)13-11(14)8-6-9-17-4-2/h10H,3-9H2,1-2H3,(H,13,14)(H,15,16). The van der Waals surface area contributed by atoms with Gasteiger partial charge in [-0.2, -0.15) is 0 Å². The summed E-state index contributed by atoms with van der Waals surface area (Å²) < 4.78 is 5.10. The third-order valence-electron chi connectivity index (χ3n) is 2.38. The van der Waals surface area contributed by atoms with E-state index < -0.39 is 12.0 Å². The first-order valence-electron chi connectivity index (χ1n) is 6.21. The highest BCUT2D eigenvalue weighted by Crippen LogP contribution is 2.02. The second-order valence-corrected chi connectivity index (χ2v) is 3.90. The molecule has 0 heterocycles. The van der Waals surface area contributed by atoms with Crippen LogP contribution in [0.5, 0.6) is 0 Å². The lowest BCUT2D eigenvalue weighted by Gasteiger charge is -2.13. The van der Waals surface area contributed by atoms with Gasteiger partial charge in [0.25, 0.3) is 0 Å². The van der Waals surface area contributed by atoms with Crippen LogP contribution in [-0.2, 0) is 14.3 Å². The number of carboxylic acids is 1. The molecule has 0 saturated heterocycles. The summed E-state index contributed by atoms with van der Waals surface area (Å²) in [5, 5.41) is 11.5. The molecule has 17 heavy (non-hydrogen) atoms. The lowest BCUT2D eigenvalue weighted by atomic mass is 10.1. The fourth-order valence-electron chi connectivity index (χ4n) is 1.41. The molecule has 1 atom stereocenters. The van der Waals surface area contributed by atoms with E-state index >= 15 is 0 Å². The van der Waals surface area contributed by atoms with Crippen LogP contribution < -0.4 is 5.32 Å². The molecule has 0 fully saturated rings. The summed E-state index contributed by atoms with van der Waals surface area (Å²) in [6.07, 6.45) is 3.15. The van der Waals surface area contributed by atoms with Crippen molar-refractivity contribution in [2.75, 3.05) is 13.2 Å². The van der Waals surface area contributed by atoms with E-state index in [1.165, 1.54) is 0 Å². The first kappa shape index (κ1) is 15.9. The molecule has 0 radical (unpaired) electrons. The molecule has 1 amide bonds. The second kappa shape index (κ2) is 10.1. The molecule has 0 aromatic heterocycles. The van der Waals surface area contributed by atoms with Crippen LogP contribution in [0.2, 0.25) is 0 Å². The summed E-state index contributed by atoms with van der Waals surface area (Å²) in [4.78, 5) is 22.3. The third kappa shape index (κ3) is 8.68. The Kier molecular flexibility index (Phi) is 9.43. The summed E-state index contributed by atoms with van der Waals surface area (Å²) in [7, 11) is 0. The van der Waals surface area contributed by atoms with Crippen molar-refractivity contribution in [2.24, 2.45) is 0 Å². The number of unbranched alkanes of at least 4 members (excludes halogenated alkanes) is 1. The summed E-state index contributed by atoms with van der Waals surface area (Å²) in [6.45, 7) is 5.06. The molecule has 0 aliphatic heterocycles. The van der Waals surface area contributed by atoms with Gasteiger partial charge in [0, 0.05) is 19.6 Å². The topological polar surface area (TPSA) is 75.6 Å². The summed E-state index contributed by atoms with van der Waals surface area (Å²) in [6, 6.07) is -0.755. The van der Waals surface area contributed by atoms with Crippen LogP contribution in [0.1, 0.15) is 46.0 Å². The molecule has 0 aliphatic rings. The summed E-state index contributed by atoms with van der Waals surface area (Å²) >= 11 is 0. The molecule has 0 aliphatic carbocycles. The predicted molar refractivity (Wildman–Crippen MR) is 64.8 cm³/mol. The zero-order valence-corrected chi connectivity index (χ0v) is 10.7. The van der Waals surface area contributed by atoms with Crippen LogP contribution in [-0.4, -0.2) is 36.2 Å². The van der Waals surface area contributed by atoms with Gasteiger partial charge in [-0.15, -0.1) is 0 Å². The van der Waals surface area contributed by atoms with Gasteiger partial charge >= 0.3 is 5.97 Å². The normalized spacial score (nSPS) is 12.1. The van der Waals surface area contributed by atoms with E-state index in [1.54, 1.807) is 0 Å². The molecule has 0 bridgehead atoms. The highest BCUT2D eigenvalue weighted by Gasteiger charge is 2.18. The van der Waals surface area contributed by atoms with Crippen molar-refractivity contribution in [1.29, 1.82) is 0 Å². The predicted octanol–water partition coefficient (Wildman–Crippen LogP) is 1.56. The van der Waals surface area contributed by atoms with E-state index in [-0.39, 0.29) is 5.91 Å². The molecule has 0 aromatic carbocycles. The maximum absolute atomic E-state index is 11.5. The SMILES string of the molecule is CCCCC(NC(=O)CCCOCC)C(=O)O. The Morgan fingerprint density at radius 2 is 2.00 bits per heavy atom. The number of amides is 1. The zero-order chi connectivity index (χ0) is 13.1. The van der Waals surface area contributed by atoms with Gasteiger partial charge in [-0.05, 0) is 19.8 Å². The Morgan fingerprint density at radius 3 is 2.53 bits per heavy atom. The maximum Gasteiger partial charge on any atom is 0.326 e. The minimum atomic E-state index is -0.961. The van der Waals surface area contributed by atoms with Gasteiger partial charge in [0.15, 0.2) is 0 Å². The Bertz CT molecular complexity index is 231. The maximum atomic E-state index is 11.5. The van der Waals surface area contributed by atoms with Crippen LogP contribution in [0, 0.1) is 0 Å². The molecule has 0 aromatic rings. The fourth-order valence-corrected chi connectivity index (χ4v) is 1.41. The molecule has 0 spiro atoms. The zero-order valence-electron chi connectivity index (χ0n) is 10.7. The lowest BCUT2D eigenvalue weighted by molar-refractivity contribution is -0.142. The van der Waals surface area contributed by atoms with Crippen molar-refractivity contribution in [3.63, 3.8) is 0 Å². The molecule has 5 nitrogen and oxygen atoms in total. The average Bonchev–Trinajstić information content (AvgIpc) is 2.29. The van der Waals surface area contributed by atoms with Crippen molar-refractivity contribution in [3.8, 4) is 0 Å². The van der Waals surface area contributed by atoms with Gasteiger partial charge in [0.05, 0.1) is 0 Å². The van der Waals surface area contributed by atoms with E-state index in [1.807, 2.05) is 13.8 Å². The average molecular weight is 245 g/mol. The quantitative estimate of drug-likeness (QED) is 0.573. The highest BCUT2D eigenvalue weighted by molar-refractivity contribution is 5.83. The van der Waals surface area contributed by atoms with Gasteiger partial charge in [-0.25, -0.2) is 4.79 Å². The van der Waals surface area contributed by atoms with Crippen LogP contribution in [0.3, 0.4) is 0 Å². The number of nitrogens with one attached hydrogen (secondary N) is 1. The van der Waals surface area contributed by atoms with Crippen molar-refractivity contribution in [1.82, 2.24) is 5.32 Å². The minimum Gasteiger partial charge on any atom is -0.480 e. The van der Waals surface area contributed by atoms with E-state index in [0.29, 0.717) is 32.5 Å². The molecule has 0 saturated carbocycles. The molecule has 1 unspecified atom stereocenters. The lowest BCUT2D eigenvalue weighted by Crippen LogP contribution is -2.40. The number of carbonyl (C=O) groups is 2. The molecule has 5 heteroatoms. The van der Waals surface area contributed by atoms with Crippen molar-refractivity contribution < 1.29 is 19.4 Å².